The zero-order valence-electron chi connectivity index (χ0n) is 21.0. The van der Waals surface area contributed by atoms with E-state index in [0.29, 0.717) is 24.1 Å². The van der Waals surface area contributed by atoms with Gasteiger partial charge in [-0.05, 0) is 54.4 Å². The van der Waals surface area contributed by atoms with Crippen molar-refractivity contribution in [2.45, 2.75) is 44.6 Å². The number of halogens is 1. The summed E-state index contributed by atoms with van der Waals surface area (Å²) in [4.78, 5) is 19.1. The van der Waals surface area contributed by atoms with Crippen LogP contribution in [0.3, 0.4) is 0 Å². The van der Waals surface area contributed by atoms with Crippen molar-refractivity contribution in [3.63, 3.8) is 0 Å². The van der Waals surface area contributed by atoms with Gasteiger partial charge in [-0.15, -0.1) is 18.2 Å². The van der Waals surface area contributed by atoms with Crippen molar-refractivity contribution < 1.29 is 19.4 Å². The summed E-state index contributed by atoms with van der Waals surface area (Å²) in [6, 6.07) is 12.1. The lowest BCUT2D eigenvalue weighted by Gasteiger charge is -2.42. The van der Waals surface area contributed by atoms with Crippen molar-refractivity contribution in [3.05, 3.63) is 65.9 Å². The Hall–Kier alpha value is -2.57. The van der Waals surface area contributed by atoms with E-state index < -0.39 is 12.1 Å². The average Bonchev–Trinajstić information content (AvgIpc) is 3.06. The van der Waals surface area contributed by atoms with Gasteiger partial charge in [0.25, 0.3) is 0 Å². The number of benzene rings is 1. The zero-order valence-corrected chi connectivity index (χ0v) is 21.7. The number of hydrogen-bond donors (Lipinski definition) is 1. The van der Waals surface area contributed by atoms with Gasteiger partial charge in [-0.2, -0.15) is 0 Å². The first kappa shape index (κ1) is 27.0. The molecule has 0 saturated heterocycles. The summed E-state index contributed by atoms with van der Waals surface area (Å²) in [6.07, 6.45) is 6.77. The number of aliphatic hydroxyl groups excluding tert-OH is 1. The van der Waals surface area contributed by atoms with Crippen LogP contribution in [0, 0.1) is 11.8 Å². The Balaban J connectivity index is 0.00000167. The summed E-state index contributed by atoms with van der Waals surface area (Å²) in [5.41, 5.74) is 2.93. The molecule has 1 aliphatic carbocycles. The third-order valence-corrected chi connectivity index (χ3v) is 7.04. The van der Waals surface area contributed by atoms with Crippen molar-refractivity contribution in [2.24, 2.45) is 11.8 Å². The highest BCUT2D eigenvalue weighted by molar-refractivity contribution is 6.15. The van der Waals surface area contributed by atoms with Gasteiger partial charge in [0, 0.05) is 25.4 Å². The van der Waals surface area contributed by atoms with E-state index >= 15 is 0 Å². The van der Waals surface area contributed by atoms with Crippen LogP contribution in [-0.2, 0) is 11.2 Å². The van der Waals surface area contributed by atoms with Crippen LogP contribution in [0.1, 0.15) is 53.7 Å². The smallest absolute Gasteiger partial charge is 0.356 e. The number of anilines is 1. The normalized spacial score (nSPS) is 21.7. The van der Waals surface area contributed by atoms with E-state index in [1.165, 1.54) is 24.6 Å². The van der Waals surface area contributed by atoms with E-state index in [2.05, 4.69) is 59.3 Å². The lowest BCUT2D eigenvalue weighted by molar-refractivity contribution is 0.0464. The van der Waals surface area contributed by atoms with Crippen LogP contribution in [0.4, 0.5) is 5.82 Å². The predicted molar refractivity (Wildman–Crippen MR) is 141 cm³/mol. The maximum absolute atomic E-state index is 12.2. The van der Waals surface area contributed by atoms with Gasteiger partial charge in [0.1, 0.15) is 0 Å². The molecule has 35 heavy (non-hydrogen) atoms. The molecule has 4 unspecified atom stereocenters. The van der Waals surface area contributed by atoms with Crippen LogP contribution in [-0.4, -0.2) is 55.4 Å². The van der Waals surface area contributed by atoms with E-state index in [0.717, 1.165) is 38.8 Å². The Morgan fingerprint density at radius 1 is 1.31 bits per heavy atom. The molecular formula is C28H37ClN2O4. The lowest BCUT2D eigenvalue weighted by Crippen LogP contribution is -2.44. The standard InChI is InChI=1S/C27H34N2O4.CH3Cl/c1-4-8-18-9-6-7-10-21(18)20-16-29(15-19-11-12-22(19)24(30)5-2)26-25(33-17-20)14-13-23(28-26)27(31)32-3;1-2/h5-7,9-10,13-14,19-20,22,24,30H,2,4,8,11-12,15-17H2,1,3H3;1H3. The second kappa shape index (κ2) is 12.9. The predicted octanol–water partition coefficient (Wildman–Crippen LogP) is 5.23. The van der Waals surface area contributed by atoms with Crippen LogP contribution in [0.25, 0.3) is 0 Å². The Morgan fingerprint density at radius 2 is 2.09 bits per heavy atom. The number of methoxy groups -OCH3 is 1. The first-order valence-electron chi connectivity index (χ1n) is 12.3. The van der Waals surface area contributed by atoms with Crippen molar-refractivity contribution in [3.8, 4) is 5.75 Å². The van der Waals surface area contributed by atoms with Crippen LogP contribution in [0.15, 0.2) is 49.1 Å². The maximum Gasteiger partial charge on any atom is 0.356 e. The Morgan fingerprint density at radius 3 is 2.74 bits per heavy atom. The van der Waals surface area contributed by atoms with Gasteiger partial charge in [-0.1, -0.05) is 43.7 Å². The number of esters is 1. The highest BCUT2D eigenvalue weighted by Crippen LogP contribution is 2.41. The van der Waals surface area contributed by atoms with Crippen LogP contribution in [0.5, 0.6) is 5.75 Å². The fourth-order valence-electron chi connectivity index (χ4n) is 5.10. The zero-order chi connectivity index (χ0) is 25.4. The van der Waals surface area contributed by atoms with E-state index in [1.54, 1.807) is 12.1 Å². The summed E-state index contributed by atoms with van der Waals surface area (Å²) in [7, 11) is 1.36. The number of carbonyl (C=O) groups is 1. The number of rotatable bonds is 8. The molecular weight excluding hydrogens is 464 g/mol. The molecule has 1 saturated carbocycles. The van der Waals surface area contributed by atoms with Gasteiger partial charge in [-0.3, -0.25) is 0 Å². The van der Waals surface area contributed by atoms with E-state index in [4.69, 9.17) is 9.47 Å². The Kier molecular flexibility index (Phi) is 9.99. The van der Waals surface area contributed by atoms with Gasteiger partial charge in [0.15, 0.2) is 17.3 Å². The summed E-state index contributed by atoms with van der Waals surface area (Å²) in [6.45, 7) is 7.99. The highest BCUT2D eigenvalue weighted by atomic mass is 35.5. The minimum absolute atomic E-state index is 0.173. The molecule has 2 aromatic rings. The number of aliphatic hydroxyl groups is 1. The minimum Gasteiger partial charge on any atom is -0.489 e. The van der Waals surface area contributed by atoms with Crippen LogP contribution < -0.4 is 9.64 Å². The van der Waals surface area contributed by atoms with E-state index in [9.17, 15) is 9.90 Å². The molecule has 7 heteroatoms. The number of carbonyl (C=O) groups excluding carboxylic acids is 1. The Labute approximate surface area is 213 Å². The fraction of sp³-hybridized carbons (Fsp3) is 0.500. The molecule has 0 spiro atoms. The number of ether oxygens (including phenoxy) is 2. The van der Waals surface area contributed by atoms with Crippen molar-refractivity contribution >= 4 is 23.4 Å². The number of hydrogen-bond acceptors (Lipinski definition) is 6. The molecule has 0 bridgehead atoms. The van der Waals surface area contributed by atoms with Gasteiger partial charge in [-0.25, -0.2) is 9.78 Å². The second-order valence-electron chi connectivity index (χ2n) is 9.10. The van der Waals surface area contributed by atoms with Crippen molar-refractivity contribution in [1.29, 1.82) is 0 Å². The number of nitrogens with zero attached hydrogens (tertiary/aromatic N) is 2. The number of alkyl halides is 1. The molecule has 1 aliphatic heterocycles. The molecule has 0 radical (unpaired) electrons. The number of fused-ring (bicyclic) bond motifs is 1. The average molecular weight is 501 g/mol. The number of aryl methyl sites for hydroxylation is 1. The maximum atomic E-state index is 12.2. The fourth-order valence-corrected chi connectivity index (χ4v) is 5.10. The van der Waals surface area contributed by atoms with Gasteiger partial charge in [0.05, 0.1) is 19.8 Å². The monoisotopic (exact) mass is 500 g/mol. The molecule has 6 nitrogen and oxygen atoms in total. The third-order valence-electron chi connectivity index (χ3n) is 7.04. The van der Waals surface area contributed by atoms with Crippen LogP contribution >= 0.6 is 11.6 Å². The summed E-state index contributed by atoms with van der Waals surface area (Å²) in [5, 5.41) is 10.4. The van der Waals surface area contributed by atoms with Gasteiger partial charge >= 0.3 is 5.97 Å². The summed E-state index contributed by atoms with van der Waals surface area (Å²) >= 11 is 4.64. The van der Waals surface area contributed by atoms with Crippen molar-refractivity contribution in [1.82, 2.24) is 4.98 Å². The highest BCUT2D eigenvalue weighted by Gasteiger charge is 2.38. The van der Waals surface area contributed by atoms with Gasteiger partial charge < -0.3 is 19.5 Å². The topological polar surface area (TPSA) is 71.9 Å². The number of aromatic nitrogens is 1. The molecule has 4 rings (SSSR count). The molecule has 190 valence electrons. The molecule has 2 heterocycles. The summed E-state index contributed by atoms with van der Waals surface area (Å²) < 4.78 is 11.2. The van der Waals surface area contributed by atoms with Gasteiger partial charge in [0.2, 0.25) is 0 Å². The second-order valence-corrected chi connectivity index (χ2v) is 9.10. The SMILES string of the molecule is C=CC(O)C1CCC1CN1CC(c2ccccc2CCC)COc2ccc(C(=O)OC)nc21.CCl. The molecule has 4 atom stereocenters. The van der Waals surface area contributed by atoms with E-state index in [-0.39, 0.29) is 17.5 Å². The molecule has 1 N–H and O–H groups in total. The van der Waals surface area contributed by atoms with Crippen molar-refractivity contribution in [2.75, 3.05) is 38.1 Å². The molecule has 1 fully saturated rings. The largest absolute Gasteiger partial charge is 0.489 e. The summed E-state index contributed by atoms with van der Waals surface area (Å²) in [5.74, 6) is 1.59. The molecule has 1 aromatic carbocycles. The quantitative estimate of drug-likeness (QED) is 0.304. The van der Waals surface area contributed by atoms with E-state index in [1.807, 2.05) is 6.07 Å². The first-order valence-corrected chi connectivity index (χ1v) is 13.0. The molecule has 0 amide bonds. The lowest BCUT2D eigenvalue weighted by atomic mass is 9.70. The first-order chi connectivity index (χ1) is 17.0. The third kappa shape index (κ3) is 6.17. The molecule has 2 aliphatic rings. The number of pyridine rings is 1. The minimum atomic E-state index is -0.498. The molecule has 1 aromatic heterocycles. The Bertz CT molecular complexity index is 999. The van der Waals surface area contributed by atoms with Crippen LogP contribution in [0.2, 0.25) is 0 Å².